The van der Waals surface area contributed by atoms with Crippen LogP contribution in [0.4, 0.5) is 5.69 Å². The predicted octanol–water partition coefficient (Wildman–Crippen LogP) is 3.14. The van der Waals surface area contributed by atoms with Crippen LogP contribution in [0.3, 0.4) is 0 Å². The fourth-order valence-corrected chi connectivity index (χ4v) is 2.07. The Kier molecular flexibility index (Phi) is 4.33. The molecule has 6 heteroatoms. The molecule has 94 valence electrons. The van der Waals surface area contributed by atoms with E-state index in [2.05, 4.69) is 20.3 Å². The number of aromatic nitrogens is 3. The summed E-state index contributed by atoms with van der Waals surface area (Å²) in [7, 11) is 0. The molecule has 0 aliphatic carbocycles. The summed E-state index contributed by atoms with van der Waals surface area (Å²) in [5.74, 6) is 0. The van der Waals surface area contributed by atoms with Crippen LogP contribution in [0.2, 0.25) is 10.3 Å². The van der Waals surface area contributed by atoms with Crippen molar-refractivity contribution in [3.8, 4) is 0 Å². The number of hydrogen-bond donors (Lipinski definition) is 1. The topological polar surface area (TPSA) is 50.7 Å². The Hall–Kier alpha value is -1.39. The molecule has 0 amide bonds. The third-order valence-electron chi connectivity index (χ3n) is 2.54. The first-order valence-corrected chi connectivity index (χ1v) is 6.24. The number of rotatable bonds is 4. The Balaban J connectivity index is 1.99. The van der Waals surface area contributed by atoms with Gasteiger partial charge in [-0.1, -0.05) is 23.2 Å². The van der Waals surface area contributed by atoms with Gasteiger partial charge in [-0.2, -0.15) is 0 Å². The molecular weight excluding hydrogens is 271 g/mol. The van der Waals surface area contributed by atoms with E-state index in [9.17, 15) is 0 Å². The molecule has 0 aliphatic rings. The average Bonchev–Trinajstić information content (AvgIpc) is 2.35. The van der Waals surface area contributed by atoms with Gasteiger partial charge in [0, 0.05) is 18.3 Å². The molecule has 4 nitrogen and oxygen atoms in total. The van der Waals surface area contributed by atoms with Crippen LogP contribution in [-0.2, 0) is 6.42 Å². The minimum atomic E-state index is 0.403. The molecule has 0 bridgehead atoms. The normalized spacial score (nSPS) is 10.4. The lowest BCUT2D eigenvalue weighted by atomic mass is 10.2. The Labute approximate surface area is 115 Å². The zero-order valence-corrected chi connectivity index (χ0v) is 11.3. The maximum absolute atomic E-state index is 5.97. The van der Waals surface area contributed by atoms with Crippen LogP contribution in [0, 0.1) is 6.92 Å². The maximum atomic E-state index is 5.97. The van der Waals surface area contributed by atoms with Crippen LogP contribution in [0.15, 0.2) is 24.7 Å². The lowest BCUT2D eigenvalue weighted by molar-refractivity contribution is 0.974. The second kappa shape index (κ2) is 5.98. The molecule has 18 heavy (non-hydrogen) atoms. The van der Waals surface area contributed by atoms with E-state index in [0.717, 1.165) is 16.9 Å². The average molecular weight is 283 g/mol. The Bertz CT molecular complexity index is 525. The number of nitrogens with zero attached hydrogens (tertiary/aromatic N) is 3. The highest BCUT2D eigenvalue weighted by atomic mass is 35.5. The van der Waals surface area contributed by atoms with Crippen LogP contribution in [-0.4, -0.2) is 21.5 Å². The van der Waals surface area contributed by atoms with Crippen molar-refractivity contribution in [3.63, 3.8) is 0 Å². The molecule has 0 saturated carbocycles. The van der Waals surface area contributed by atoms with Gasteiger partial charge in [0.05, 0.1) is 11.4 Å². The summed E-state index contributed by atoms with van der Waals surface area (Å²) in [4.78, 5) is 12.0. The van der Waals surface area contributed by atoms with Crippen LogP contribution >= 0.6 is 23.2 Å². The molecule has 2 rings (SSSR count). The summed E-state index contributed by atoms with van der Waals surface area (Å²) in [5.41, 5.74) is 2.72. The van der Waals surface area contributed by atoms with Gasteiger partial charge in [0.1, 0.15) is 16.6 Å². The molecule has 2 aromatic rings. The molecule has 1 N–H and O–H groups in total. The van der Waals surface area contributed by atoms with E-state index in [4.69, 9.17) is 23.2 Å². The molecule has 0 aromatic carbocycles. The first kappa shape index (κ1) is 13.1. The molecule has 2 aromatic heterocycles. The van der Waals surface area contributed by atoms with Crippen LogP contribution in [0.5, 0.6) is 0 Å². The molecule has 0 aliphatic heterocycles. The highest BCUT2D eigenvalue weighted by Crippen LogP contribution is 2.20. The standard InChI is InChI=1S/C12H12Cl2N4/c1-8-10(3-2-5-15-8)16-6-4-9-11(13)17-7-18-12(9)14/h2-3,5,7,16H,4,6H2,1H3. The van der Waals surface area contributed by atoms with E-state index in [0.29, 0.717) is 23.3 Å². The highest BCUT2D eigenvalue weighted by Gasteiger charge is 2.07. The summed E-state index contributed by atoms with van der Waals surface area (Å²) in [6.07, 6.45) is 3.78. The fourth-order valence-electron chi connectivity index (χ4n) is 1.57. The van der Waals surface area contributed by atoms with Crippen molar-refractivity contribution in [1.82, 2.24) is 15.0 Å². The van der Waals surface area contributed by atoms with Gasteiger partial charge in [-0.15, -0.1) is 0 Å². The molecular formula is C12H12Cl2N4. The number of nitrogens with one attached hydrogen (secondary N) is 1. The molecule has 0 fully saturated rings. The Morgan fingerprint density at radius 3 is 2.56 bits per heavy atom. The van der Waals surface area contributed by atoms with Crippen molar-refractivity contribution >= 4 is 28.9 Å². The van der Waals surface area contributed by atoms with Crippen molar-refractivity contribution in [2.45, 2.75) is 13.3 Å². The van der Waals surface area contributed by atoms with Crippen molar-refractivity contribution < 1.29 is 0 Å². The van der Waals surface area contributed by atoms with Crippen molar-refractivity contribution in [2.24, 2.45) is 0 Å². The van der Waals surface area contributed by atoms with E-state index in [1.807, 2.05) is 19.1 Å². The Morgan fingerprint density at radius 2 is 1.89 bits per heavy atom. The molecule has 0 spiro atoms. The fraction of sp³-hybridized carbons (Fsp3) is 0.250. The van der Waals surface area contributed by atoms with Gasteiger partial charge in [-0.05, 0) is 25.5 Å². The van der Waals surface area contributed by atoms with Gasteiger partial charge in [0.15, 0.2) is 0 Å². The first-order chi connectivity index (χ1) is 8.68. The second-order valence-electron chi connectivity index (χ2n) is 3.75. The van der Waals surface area contributed by atoms with Gasteiger partial charge in [-0.3, -0.25) is 4.98 Å². The molecule has 0 saturated heterocycles. The van der Waals surface area contributed by atoms with Crippen LogP contribution in [0.25, 0.3) is 0 Å². The van der Waals surface area contributed by atoms with Crippen molar-refractivity contribution in [1.29, 1.82) is 0 Å². The SMILES string of the molecule is Cc1ncccc1NCCc1c(Cl)ncnc1Cl. The van der Waals surface area contributed by atoms with Crippen molar-refractivity contribution in [3.05, 3.63) is 46.2 Å². The minimum absolute atomic E-state index is 0.403. The zero-order chi connectivity index (χ0) is 13.0. The third kappa shape index (κ3) is 3.09. The van der Waals surface area contributed by atoms with Gasteiger partial charge >= 0.3 is 0 Å². The van der Waals surface area contributed by atoms with Gasteiger partial charge in [0.25, 0.3) is 0 Å². The van der Waals surface area contributed by atoms with E-state index < -0.39 is 0 Å². The number of halogens is 2. The lowest BCUT2D eigenvalue weighted by Gasteiger charge is -2.09. The number of pyridine rings is 1. The Morgan fingerprint density at radius 1 is 1.17 bits per heavy atom. The van der Waals surface area contributed by atoms with Crippen molar-refractivity contribution in [2.75, 3.05) is 11.9 Å². The van der Waals surface area contributed by atoms with Gasteiger partial charge in [-0.25, -0.2) is 9.97 Å². The predicted molar refractivity (Wildman–Crippen MR) is 73.2 cm³/mol. The molecule has 0 radical (unpaired) electrons. The van der Waals surface area contributed by atoms with Crippen LogP contribution < -0.4 is 5.32 Å². The van der Waals surface area contributed by atoms with Gasteiger partial charge < -0.3 is 5.32 Å². The zero-order valence-electron chi connectivity index (χ0n) is 9.82. The largest absolute Gasteiger partial charge is 0.383 e. The number of hydrogen-bond acceptors (Lipinski definition) is 4. The van der Waals surface area contributed by atoms with Gasteiger partial charge in [0.2, 0.25) is 0 Å². The third-order valence-corrected chi connectivity index (χ3v) is 3.19. The summed E-state index contributed by atoms with van der Waals surface area (Å²) >= 11 is 11.9. The summed E-state index contributed by atoms with van der Waals surface area (Å²) in [5, 5.41) is 4.09. The maximum Gasteiger partial charge on any atom is 0.137 e. The monoisotopic (exact) mass is 282 g/mol. The highest BCUT2D eigenvalue weighted by molar-refractivity contribution is 6.34. The minimum Gasteiger partial charge on any atom is -0.383 e. The smallest absolute Gasteiger partial charge is 0.137 e. The van der Waals surface area contributed by atoms with E-state index in [1.165, 1.54) is 6.33 Å². The van der Waals surface area contributed by atoms with E-state index in [1.54, 1.807) is 6.20 Å². The first-order valence-electron chi connectivity index (χ1n) is 5.49. The molecule has 0 atom stereocenters. The summed E-state index contributed by atoms with van der Waals surface area (Å²) in [6, 6.07) is 3.87. The number of aryl methyl sites for hydroxylation is 1. The quantitative estimate of drug-likeness (QED) is 0.876. The van der Waals surface area contributed by atoms with E-state index in [-0.39, 0.29) is 0 Å². The molecule has 2 heterocycles. The second-order valence-corrected chi connectivity index (χ2v) is 4.46. The molecule has 0 unspecified atom stereocenters. The van der Waals surface area contributed by atoms with Crippen LogP contribution in [0.1, 0.15) is 11.3 Å². The summed E-state index contributed by atoms with van der Waals surface area (Å²) < 4.78 is 0. The lowest BCUT2D eigenvalue weighted by Crippen LogP contribution is -2.08. The van der Waals surface area contributed by atoms with E-state index >= 15 is 0 Å². The summed E-state index contributed by atoms with van der Waals surface area (Å²) in [6.45, 7) is 2.65. The number of anilines is 1.